The molecule has 0 bridgehead atoms. The maximum absolute atomic E-state index is 6.44. The Balaban J connectivity index is 3.84. The summed E-state index contributed by atoms with van der Waals surface area (Å²) >= 11 is -2.20. The van der Waals surface area contributed by atoms with E-state index in [1.165, 1.54) is 92.3 Å². The van der Waals surface area contributed by atoms with Gasteiger partial charge in [0.25, 0.3) is 0 Å². The predicted octanol–water partition coefficient (Wildman–Crippen LogP) is 7.71. The Hall–Kier alpha value is 0.759. The fraction of sp³-hybridized carbons (Fsp3) is 1.00. The summed E-state index contributed by atoms with van der Waals surface area (Å²) in [4.78, 5) is 2.57. The van der Waals surface area contributed by atoms with Crippen LogP contribution in [0.3, 0.4) is 0 Å². The Morgan fingerprint density at radius 3 is 1.36 bits per heavy atom. The fourth-order valence-corrected chi connectivity index (χ4v) is 12.4. The van der Waals surface area contributed by atoms with Crippen molar-refractivity contribution in [2.24, 2.45) is 0 Å². The molecule has 0 aliphatic carbocycles. The molecule has 1 nitrogen and oxygen atoms in total. The summed E-state index contributed by atoms with van der Waals surface area (Å²) in [5, 5.41) is 0. The molecule has 2 heteroatoms. The van der Waals surface area contributed by atoms with Crippen LogP contribution in [0.2, 0.25) is 13.8 Å². The molecule has 0 saturated carbocycles. The van der Waals surface area contributed by atoms with Crippen molar-refractivity contribution in [1.29, 1.82) is 0 Å². The van der Waals surface area contributed by atoms with Crippen LogP contribution < -0.4 is 0 Å². The second-order valence-corrected chi connectivity index (χ2v) is 19.3. The quantitative estimate of drug-likeness (QED) is 0.173. The number of hydrogen-bond acceptors (Lipinski definition) is 1. The van der Waals surface area contributed by atoms with Gasteiger partial charge in [-0.1, -0.05) is 0 Å². The van der Waals surface area contributed by atoms with Gasteiger partial charge in [-0.05, 0) is 0 Å². The van der Waals surface area contributed by atoms with Gasteiger partial charge in [-0.2, -0.15) is 0 Å². The van der Waals surface area contributed by atoms with Gasteiger partial charge in [-0.25, -0.2) is 0 Å². The zero-order chi connectivity index (χ0) is 16.5. The van der Waals surface area contributed by atoms with Crippen LogP contribution in [-0.4, -0.2) is 25.4 Å². The second kappa shape index (κ2) is 16.6. The Labute approximate surface area is 146 Å². The molecule has 0 saturated heterocycles. The van der Waals surface area contributed by atoms with Gasteiger partial charge in [-0.3, -0.25) is 0 Å². The Morgan fingerprint density at radius 1 is 0.545 bits per heavy atom. The third-order valence-electron chi connectivity index (χ3n) is 4.77. The summed E-state index contributed by atoms with van der Waals surface area (Å²) in [6.45, 7) is 7.87. The van der Waals surface area contributed by atoms with Crippen LogP contribution in [0.15, 0.2) is 0 Å². The first kappa shape index (κ1) is 22.8. The summed E-state index contributed by atoms with van der Waals surface area (Å²) in [7, 11) is 0. The Bertz CT molecular complexity index is 202. The Kier molecular flexibility index (Phi) is 17.2. The van der Waals surface area contributed by atoms with Crippen LogP contribution in [0.5, 0.6) is 0 Å². The molecule has 0 atom stereocenters. The van der Waals surface area contributed by atoms with Crippen molar-refractivity contribution < 1.29 is 3.07 Å². The van der Waals surface area contributed by atoms with E-state index in [0.29, 0.717) is 0 Å². The molecule has 22 heavy (non-hydrogen) atoms. The van der Waals surface area contributed by atoms with Gasteiger partial charge in [0.15, 0.2) is 0 Å². The molecule has 0 aromatic carbocycles. The Morgan fingerprint density at radius 2 is 0.955 bits per heavy atom. The van der Waals surface area contributed by atoms with Crippen LogP contribution in [0.25, 0.3) is 0 Å². The van der Waals surface area contributed by atoms with E-state index < -0.39 is 18.8 Å². The van der Waals surface area contributed by atoms with Crippen molar-refractivity contribution in [1.82, 2.24) is 0 Å². The second-order valence-electron chi connectivity index (χ2n) is 7.33. The van der Waals surface area contributed by atoms with Crippen LogP contribution in [0.1, 0.15) is 104 Å². The van der Waals surface area contributed by atoms with Crippen LogP contribution >= 0.6 is 0 Å². The molecular formula is C20H44OSn. The molecule has 0 aliphatic rings. The van der Waals surface area contributed by atoms with E-state index in [1.807, 2.05) is 0 Å². The van der Waals surface area contributed by atoms with Gasteiger partial charge in [0, 0.05) is 0 Å². The molecule has 134 valence electrons. The first-order chi connectivity index (χ1) is 10.7. The van der Waals surface area contributed by atoms with Crippen molar-refractivity contribution in [2.45, 2.75) is 118 Å². The minimum atomic E-state index is -2.20. The van der Waals surface area contributed by atoms with E-state index in [1.54, 1.807) is 0 Å². The number of hydrogen-bond donors (Lipinski definition) is 0. The van der Waals surface area contributed by atoms with E-state index in [0.717, 1.165) is 6.61 Å². The SMILES string of the molecule is CCCCCCC[CH2][Sn]([CH3])([CH2]CCCCCCC)[O]CCC. The topological polar surface area (TPSA) is 9.23 Å². The average Bonchev–Trinajstić information content (AvgIpc) is 2.52. The van der Waals surface area contributed by atoms with Gasteiger partial charge in [0.1, 0.15) is 0 Å². The first-order valence-electron chi connectivity index (χ1n) is 10.3. The first-order valence-corrected chi connectivity index (χ1v) is 18.4. The van der Waals surface area contributed by atoms with Crippen molar-refractivity contribution in [3.63, 3.8) is 0 Å². The van der Waals surface area contributed by atoms with Crippen molar-refractivity contribution in [3.05, 3.63) is 0 Å². The van der Waals surface area contributed by atoms with E-state index in [9.17, 15) is 0 Å². The van der Waals surface area contributed by atoms with Crippen molar-refractivity contribution in [3.8, 4) is 0 Å². The van der Waals surface area contributed by atoms with Gasteiger partial charge in [-0.15, -0.1) is 0 Å². The van der Waals surface area contributed by atoms with Crippen LogP contribution in [-0.2, 0) is 3.07 Å². The summed E-state index contributed by atoms with van der Waals surface area (Å²) in [5.41, 5.74) is 0. The average molecular weight is 419 g/mol. The molecule has 0 aromatic rings. The molecule has 0 aromatic heterocycles. The van der Waals surface area contributed by atoms with Gasteiger partial charge in [0.2, 0.25) is 0 Å². The minimum absolute atomic E-state index is 1.03. The molecule has 0 heterocycles. The van der Waals surface area contributed by atoms with E-state index in [4.69, 9.17) is 3.07 Å². The van der Waals surface area contributed by atoms with E-state index >= 15 is 0 Å². The molecule has 0 spiro atoms. The summed E-state index contributed by atoms with van der Waals surface area (Å²) in [6.07, 6.45) is 18.3. The molecule has 0 fully saturated rings. The predicted molar refractivity (Wildman–Crippen MR) is 104 cm³/mol. The van der Waals surface area contributed by atoms with Gasteiger partial charge >= 0.3 is 147 Å². The zero-order valence-corrected chi connectivity index (χ0v) is 19.1. The normalized spacial score (nSPS) is 12.0. The molecule has 0 radical (unpaired) electrons. The van der Waals surface area contributed by atoms with Crippen LogP contribution in [0.4, 0.5) is 0 Å². The third-order valence-corrected chi connectivity index (χ3v) is 15.4. The molecular weight excluding hydrogens is 375 g/mol. The van der Waals surface area contributed by atoms with Crippen molar-refractivity contribution >= 4 is 18.8 Å². The summed E-state index contributed by atoms with van der Waals surface area (Å²) in [6, 6.07) is 0. The number of rotatable bonds is 17. The number of unbranched alkanes of at least 4 members (excludes halogenated alkanes) is 10. The molecule has 0 unspecified atom stereocenters. The molecule has 0 N–H and O–H groups in total. The van der Waals surface area contributed by atoms with E-state index in [-0.39, 0.29) is 0 Å². The van der Waals surface area contributed by atoms with E-state index in [2.05, 4.69) is 25.7 Å². The molecule has 0 aliphatic heterocycles. The van der Waals surface area contributed by atoms with Crippen LogP contribution in [0, 0.1) is 0 Å². The summed E-state index contributed by atoms with van der Waals surface area (Å²) < 4.78 is 9.38. The van der Waals surface area contributed by atoms with Gasteiger partial charge < -0.3 is 0 Å². The zero-order valence-electron chi connectivity index (χ0n) is 16.2. The standard InChI is InChI=1S/2C8H17.C3H7O.CH3.Sn/c2*1-3-5-7-8-6-4-2;1-2-3-4;;/h2*1,3-8H2,2H3;2-3H2,1H3;1H3;/q;;-1;;+1. The summed E-state index contributed by atoms with van der Waals surface area (Å²) in [5.74, 6) is 0. The fourth-order valence-electron chi connectivity index (χ4n) is 3.18. The molecule has 0 amide bonds. The van der Waals surface area contributed by atoms with Gasteiger partial charge in [0.05, 0.1) is 0 Å². The maximum atomic E-state index is 6.44. The third kappa shape index (κ3) is 14.4. The van der Waals surface area contributed by atoms with Crippen molar-refractivity contribution in [2.75, 3.05) is 6.61 Å². The molecule has 0 rings (SSSR count). The monoisotopic (exact) mass is 420 g/mol.